The van der Waals surface area contributed by atoms with Gasteiger partial charge in [-0.25, -0.2) is 16.8 Å². The fourth-order valence-corrected chi connectivity index (χ4v) is 7.03. The Kier molecular flexibility index (Phi) is 6.32. The summed E-state index contributed by atoms with van der Waals surface area (Å²) in [5, 5.41) is 11.4. The summed E-state index contributed by atoms with van der Waals surface area (Å²) in [6, 6.07) is 12.1. The number of non-ortho nitro benzene ring substituents is 1. The number of halogens is 1. The molecule has 0 aromatic heterocycles. The number of hydrogen-bond donors (Lipinski definition) is 1. The number of nitro groups is 1. The molecule has 3 rings (SSSR count). The molecule has 0 saturated heterocycles. The van der Waals surface area contributed by atoms with Gasteiger partial charge in [-0.3, -0.25) is 14.8 Å². The first-order chi connectivity index (χ1) is 14.8. The van der Waals surface area contributed by atoms with E-state index in [-0.39, 0.29) is 31.6 Å². The number of rotatable bonds is 6. The molecule has 0 bridgehead atoms. The minimum Gasteiger partial charge on any atom is -0.279 e. The first kappa shape index (κ1) is 23.7. The molecule has 0 fully saturated rings. The maximum Gasteiger partial charge on any atom is 0.271 e. The second-order valence-corrected chi connectivity index (χ2v) is 11.1. The average molecular weight is 495 g/mol. The molecule has 3 aromatic rings. The Balaban J connectivity index is 2.17. The Labute approximate surface area is 191 Å². The Morgan fingerprint density at radius 2 is 1.47 bits per heavy atom. The van der Waals surface area contributed by atoms with Crippen molar-refractivity contribution in [2.45, 2.75) is 35.5 Å². The van der Waals surface area contributed by atoms with Crippen LogP contribution < -0.4 is 4.72 Å². The quantitative estimate of drug-likeness (QED) is 0.387. The van der Waals surface area contributed by atoms with E-state index in [4.69, 9.17) is 11.6 Å². The van der Waals surface area contributed by atoms with Crippen LogP contribution in [0.4, 0.5) is 11.4 Å². The summed E-state index contributed by atoms with van der Waals surface area (Å²) in [4.78, 5) is 10.0. The lowest BCUT2D eigenvalue weighted by atomic mass is 10.1. The maximum atomic E-state index is 13.3. The number of hydrogen-bond acceptors (Lipinski definition) is 6. The van der Waals surface area contributed by atoms with Crippen LogP contribution in [-0.4, -0.2) is 21.8 Å². The number of sulfonamides is 1. The zero-order valence-corrected chi connectivity index (χ0v) is 19.7. The molecule has 0 spiro atoms. The molecule has 0 heterocycles. The Morgan fingerprint density at radius 1 is 0.875 bits per heavy atom. The molecular weight excluding hydrogens is 476 g/mol. The highest BCUT2D eigenvalue weighted by Crippen LogP contribution is 2.34. The number of nitro benzene ring substituents is 1. The minimum absolute atomic E-state index is 0.0133. The van der Waals surface area contributed by atoms with E-state index in [0.29, 0.717) is 16.1 Å². The van der Waals surface area contributed by atoms with Crippen LogP contribution in [0.2, 0.25) is 5.02 Å². The van der Waals surface area contributed by atoms with Crippen LogP contribution in [0, 0.1) is 30.9 Å². The SMILES string of the molecule is Cc1cc(C)c(S(=O)(=O)c2ccc(Cl)cc2)c(C)c1S(=O)(=O)Nc1cccc([N+](=O)[O-])c1. The molecule has 168 valence electrons. The fourth-order valence-electron chi connectivity index (χ4n) is 3.60. The van der Waals surface area contributed by atoms with E-state index in [0.717, 1.165) is 6.07 Å². The van der Waals surface area contributed by atoms with Crippen molar-refractivity contribution in [2.75, 3.05) is 4.72 Å². The molecular formula is C21H19ClN2O6S2. The fraction of sp³-hybridized carbons (Fsp3) is 0.143. The Bertz CT molecular complexity index is 1430. The molecule has 0 unspecified atom stereocenters. The molecule has 0 atom stereocenters. The first-order valence-electron chi connectivity index (χ1n) is 9.23. The van der Waals surface area contributed by atoms with E-state index >= 15 is 0 Å². The summed E-state index contributed by atoms with van der Waals surface area (Å²) in [6.45, 7) is 4.57. The average Bonchev–Trinajstić information content (AvgIpc) is 2.67. The van der Waals surface area contributed by atoms with E-state index in [2.05, 4.69) is 4.72 Å². The van der Waals surface area contributed by atoms with Crippen LogP contribution in [0.5, 0.6) is 0 Å². The molecule has 1 N–H and O–H groups in total. The van der Waals surface area contributed by atoms with E-state index < -0.39 is 24.8 Å². The van der Waals surface area contributed by atoms with Gasteiger partial charge in [-0.2, -0.15) is 0 Å². The number of anilines is 1. The second-order valence-electron chi connectivity index (χ2n) is 7.16. The Hall–Kier alpha value is -2.95. The summed E-state index contributed by atoms with van der Waals surface area (Å²) >= 11 is 5.86. The van der Waals surface area contributed by atoms with E-state index in [1.165, 1.54) is 55.5 Å². The van der Waals surface area contributed by atoms with Crippen molar-refractivity contribution in [3.05, 3.63) is 86.4 Å². The number of sulfone groups is 1. The topological polar surface area (TPSA) is 123 Å². The minimum atomic E-state index is -4.26. The highest BCUT2D eigenvalue weighted by atomic mass is 35.5. The predicted octanol–water partition coefficient (Wildman–Crippen LogP) is 4.81. The third-order valence-electron chi connectivity index (χ3n) is 4.80. The van der Waals surface area contributed by atoms with E-state index in [9.17, 15) is 26.9 Å². The lowest BCUT2D eigenvalue weighted by Gasteiger charge is -2.18. The molecule has 8 nitrogen and oxygen atoms in total. The second kappa shape index (κ2) is 8.53. The van der Waals surface area contributed by atoms with Crippen molar-refractivity contribution in [1.82, 2.24) is 0 Å². The maximum absolute atomic E-state index is 13.3. The summed E-state index contributed by atoms with van der Waals surface area (Å²) in [5.74, 6) is 0. The predicted molar refractivity (Wildman–Crippen MR) is 121 cm³/mol. The van der Waals surface area contributed by atoms with Crippen LogP contribution in [0.25, 0.3) is 0 Å². The molecule has 11 heteroatoms. The van der Waals surface area contributed by atoms with Gasteiger partial charge in [0.05, 0.1) is 25.3 Å². The molecule has 0 amide bonds. The van der Waals surface area contributed by atoms with Gasteiger partial charge < -0.3 is 0 Å². The van der Waals surface area contributed by atoms with E-state index in [1.54, 1.807) is 13.8 Å². The zero-order chi connectivity index (χ0) is 23.8. The van der Waals surface area contributed by atoms with Crippen LogP contribution in [0.15, 0.2) is 69.3 Å². The molecule has 0 saturated carbocycles. The summed E-state index contributed by atoms with van der Waals surface area (Å²) in [5.41, 5.74) is 0.488. The lowest BCUT2D eigenvalue weighted by molar-refractivity contribution is -0.384. The van der Waals surface area contributed by atoms with Gasteiger partial charge in [0.15, 0.2) is 0 Å². The number of benzene rings is 3. The summed E-state index contributed by atoms with van der Waals surface area (Å²) in [6.07, 6.45) is 0. The largest absolute Gasteiger partial charge is 0.279 e. The summed E-state index contributed by atoms with van der Waals surface area (Å²) < 4.78 is 55.4. The third kappa shape index (κ3) is 4.47. The molecule has 0 radical (unpaired) electrons. The van der Waals surface area contributed by atoms with Crippen molar-refractivity contribution < 1.29 is 21.8 Å². The highest BCUT2D eigenvalue weighted by Gasteiger charge is 2.29. The van der Waals surface area contributed by atoms with Gasteiger partial charge in [0.2, 0.25) is 9.84 Å². The van der Waals surface area contributed by atoms with Crippen LogP contribution in [0.3, 0.4) is 0 Å². The first-order valence-corrected chi connectivity index (χ1v) is 12.6. The molecule has 0 aliphatic carbocycles. The van der Waals surface area contributed by atoms with Crippen molar-refractivity contribution in [2.24, 2.45) is 0 Å². The van der Waals surface area contributed by atoms with Crippen LogP contribution in [-0.2, 0) is 19.9 Å². The normalized spacial score (nSPS) is 11.9. The van der Waals surface area contributed by atoms with Crippen molar-refractivity contribution >= 4 is 42.8 Å². The highest BCUT2D eigenvalue weighted by molar-refractivity contribution is 7.93. The zero-order valence-electron chi connectivity index (χ0n) is 17.3. The number of nitrogens with zero attached hydrogens (tertiary/aromatic N) is 1. The van der Waals surface area contributed by atoms with Gasteiger partial charge in [0.25, 0.3) is 15.7 Å². The third-order valence-corrected chi connectivity index (χ3v) is 8.78. The van der Waals surface area contributed by atoms with Gasteiger partial charge in [-0.05, 0) is 67.8 Å². The monoisotopic (exact) mass is 494 g/mol. The summed E-state index contributed by atoms with van der Waals surface area (Å²) in [7, 11) is -8.31. The van der Waals surface area contributed by atoms with Crippen molar-refractivity contribution in [1.29, 1.82) is 0 Å². The van der Waals surface area contributed by atoms with Crippen LogP contribution >= 0.6 is 11.6 Å². The molecule has 0 aliphatic heterocycles. The molecule has 3 aromatic carbocycles. The smallest absolute Gasteiger partial charge is 0.271 e. The lowest BCUT2D eigenvalue weighted by Crippen LogP contribution is -2.18. The standard InChI is InChI=1S/C21H19ClN2O6S2/c1-13-11-14(2)21(32(29,30)23-17-5-4-6-18(12-17)24(25)26)15(3)20(13)31(27,28)19-9-7-16(22)8-10-19/h4-12,23H,1-3H3. The number of aryl methyl sites for hydroxylation is 2. The van der Waals surface area contributed by atoms with Gasteiger partial charge in [0.1, 0.15) is 0 Å². The van der Waals surface area contributed by atoms with Gasteiger partial charge >= 0.3 is 0 Å². The van der Waals surface area contributed by atoms with Crippen molar-refractivity contribution in [3.63, 3.8) is 0 Å². The van der Waals surface area contributed by atoms with E-state index in [1.807, 2.05) is 0 Å². The molecule has 0 aliphatic rings. The van der Waals surface area contributed by atoms with Gasteiger partial charge in [-0.1, -0.05) is 23.7 Å². The molecule has 32 heavy (non-hydrogen) atoms. The number of nitrogens with one attached hydrogen (secondary N) is 1. The van der Waals surface area contributed by atoms with Gasteiger partial charge in [-0.15, -0.1) is 0 Å². The van der Waals surface area contributed by atoms with Crippen LogP contribution in [0.1, 0.15) is 16.7 Å². The van der Waals surface area contributed by atoms with Crippen molar-refractivity contribution in [3.8, 4) is 0 Å². The van der Waals surface area contributed by atoms with Gasteiger partial charge in [0, 0.05) is 17.2 Å². The Morgan fingerprint density at radius 3 is 2.06 bits per heavy atom.